The Hall–Kier alpha value is -1.37. The third-order valence-electron chi connectivity index (χ3n) is 1.29. The van der Waals surface area contributed by atoms with E-state index in [1.165, 1.54) is 0 Å². The van der Waals surface area contributed by atoms with Crippen LogP contribution in [0.1, 0.15) is 0 Å². The molecule has 1 rings (SSSR count). The maximum atomic E-state index is 10.8. The van der Waals surface area contributed by atoms with Gasteiger partial charge in [-0.2, -0.15) is 0 Å². The summed E-state index contributed by atoms with van der Waals surface area (Å²) in [5, 5.41) is 39.5. The topological polar surface area (TPSA) is 139 Å². The van der Waals surface area contributed by atoms with Gasteiger partial charge in [0.15, 0.2) is 0 Å². The van der Waals surface area contributed by atoms with E-state index in [4.69, 9.17) is 5.21 Å². The van der Waals surface area contributed by atoms with Crippen LogP contribution in [-0.4, -0.2) is 26.2 Å². The second kappa shape index (κ2) is 6.17. The molecule has 2 radical (unpaired) electrons. The van der Waals surface area contributed by atoms with Crippen molar-refractivity contribution in [3.8, 4) is 0 Å². The molecule has 2 N–H and O–H groups in total. The predicted octanol–water partition coefficient (Wildman–Crippen LogP) is -0.209. The Balaban J connectivity index is 0. The molecule has 1 aliphatic carbocycles. The summed E-state index contributed by atoms with van der Waals surface area (Å²) in [6.07, 6.45) is 1.50. The molecule has 0 saturated heterocycles. The summed E-state index contributed by atoms with van der Waals surface area (Å²) >= 11 is 0. The molecular weight excluding hydrogens is 397 g/mol. The molecule has 1 aliphatic rings. The average Bonchev–Trinajstić information content (AvgIpc) is 2.04. The zero-order chi connectivity index (χ0) is 10.0. The van der Waals surface area contributed by atoms with Crippen LogP contribution >= 0.6 is 0 Å². The monoisotopic (exact) mass is 402 g/mol. The molecule has 8 nitrogen and oxygen atoms in total. The first-order valence-electron chi connectivity index (χ1n) is 3.05. The van der Waals surface area contributed by atoms with Crippen LogP contribution in [0.4, 0.5) is 0 Å². The van der Waals surface area contributed by atoms with Crippen LogP contribution in [0, 0.1) is 15.3 Å². The van der Waals surface area contributed by atoms with E-state index in [1.807, 2.05) is 5.73 Å². The zero-order valence-corrected chi connectivity index (χ0v) is 12.8. The molecule has 0 aromatic heterocycles. The van der Waals surface area contributed by atoms with Crippen molar-refractivity contribution in [3.05, 3.63) is 44.7 Å². The summed E-state index contributed by atoms with van der Waals surface area (Å²) in [6, 6.07) is 0. The molecule has 0 amide bonds. The van der Waals surface area contributed by atoms with Crippen molar-refractivity contribution < 1.29 is 53.3 Å². The summed E-state index contributed by atoms with van der Waals surface area (Å²) < 4.78 is 0. The largest absolute Gasteiger partial charge is 1.00 e. The Morgan fingerprint density at radius 3 is 2.33 bits per heavy atom. The van der Waals surface area contributed by atoms with Crippen LogP contribution in [-0.2, 0) is 32.8 Å². The summed E-state index contributed by atoms with van der Waals surface area (Å²) in [4.78, 5) is 8.64. The Morgan fingerprint density at radius 1 is 1.40 bits per heavy atom. The van der Waals surface area contributed by atoms with E-state index in [1.54, 1.807) is 0 Å². The minimum absolute atomic E-state index is 0. The molecular formula is C6H4HgN2O6. The summed E-state index contributed by atoms with van der Waals surface area (Å²) in [6.45, 7) is 0. The zero-order valence-electron chi connectivity index (χ0n) is 7.28. The third kappa shape index (κ3) is 3.70. The second-order valence-corrected chi connectivity index (χ2v) is 2.10. The molecule has 0 aromatic rings. The van der Waals surface area contributed by atoms with Crippen molar-refractivity contribution in [2.75, 3.05) is 0 Å². The Labute approximate surface area is 104 Å². The van der Waals surface area contributed by atoms with Crippen LogP contribution in [0.5, 0.6) is 0 Å². The van der Waals surface area contributed by atoms with Crippen molar-refractivity contribution in [1.29, 1.82) is 0 Å². The molecule has 0 spiro atoms. The number of nitro groups is 1. The molecule has 0 fully saturated rings. The van der Waals surface area contributed by atoms with Crippen molar-refractivity contribution in [2.24, 2.45) is 0 Å². The van der Waals surface area contributed by atoms with Crippen LogP contribution < -0.4 is 0 Å². The minimum atomic E-state index is -0.900. The maximum absolute atomic E-state index is 10.8. The van der Waals surface area contributed by atoms with Crippen LogP contribution in [0.3, 0.4) is 0 Å². The quantitative estimate of drug-likeness (QED) is 0.162. The van der Waals surface area contributed by atoms with E-state index in [9.17, 15) is 20.4 Å². The van der Waals surface area contributed by atoms with E-state index in [0.29, 0.717) is 6.08 Å². The molecule has 0 saturated carbocycles. The van der Waals surface area contributed by atoms with Gasteiger partial charge < -0.3 is 10.7 Å². The molecule has 0 unspecified atom stereocenters. The second-order valence-electron chi connectivity index (χ2n) is 2.10. The fourth-order valence-corrected chi connectivity index (χ4v) is 0.708. The van der Waals surface area contributed by atoms with Gasteiger partial charge in [0, 0.05) is 4.90 Å². The van der Waals surface area contributed by atoms with Gasteiger partial charge in [0.25, 0.3) is 11.5 Å². The van der Waals surface area contributed by atoms with Crippen LogP contribution in [0.2, 0.25) is 0 Å². The predicted molar refractivity (Wildman–Crippen MR) is 39.7 cm³/mol. The van der Waals surface area contributed by atoms with Gasteiger partial charge in [-0.3, -0.25) is 20.4 Å². The summed E-state index contributed by atoms with van der Waals surface area (Å²) in [5.41, 5.74) is 0.723. The molecule has 0 aliphatic heterocycles. The molecule has 9 heteroatoms. The Kier molecular flexibility index (Phi) is 6.61. The smallest absolute Gasteiger partial charge is 0.870 e. The van der Waals surface area contributed by atoms with Gasteiger partial charge in [0.05, 0.1) is 17.1 Å². The minimum Gasteiger partial charge on any atom is -0.870 e. The normalized spacial score (nSPS) is 16.5. The first-order valence-corrected chi connectivity index (χ1v) is 3.05. The van der Waals surface area contributed by atoms with Gasteiger partial charge in [0.1, 0.15) is 0 Å². The van der Waals surface area contributed by atoms with Gasteiger partial charge in [-0.15, -0.1) is 0 Å². The number of nitrogens with zero attached hydrogens (tertiary/aromatic N) is 2. The fourth-order valence-electron chi connectivity index (χ4n) is 0.708. The van der Waals surface area contributed by atoms with E-state index >= 15 is 0 Å². The van der Waals surface area contributed by atoms with Gasteiger partial charge in [-0.1, -0.05) is 5.73 Å². The molecule has 0 atom stereocenters. The SMILES string of the molecule is [Hg+].[OH-].[O]C1=C=CC([N+](=O)[O-])=CC1=[N+]([O-])O. The van der Waals surface area contributed by atoms with Crippen LogP contribution in [0.15, 0.2) is 29.3 Å². The standard InChI is InChI=1S/C6H3N2O5.Hg.H2O/c9-6-2-1-4(7(10)11)3-5(6)8(12)13;;/h1,3H,(H,12,13);;1H2/q;+1;/p-1. The van der Waals surface area contributed by atoms with E-state index < -0.39 is 27.0 Å². The van der Waals surface area contributed by atoms with E-state index in [2.05, 4.69) is 0 Å². The van der Waals surface area contributed by atoms with E-state index in [0.717, 1.165) is 6.08 Å². The Bertz CT molecular complexity index is 388. The molecule has 15 heavy (non-hydrogen) atoms. The average molecular weight is 401 g/mol. The third-order valence-corrected chi connectivity index (χ3v) is 1.29. The number of rotatable bonds is 1. The molecule has 0 heterocycles. The summed E-state index contributed by atoms with van der Waals surface area (Å²) in [7, 11) is 0. The molecule has 76 valence electrons. The van der Waals surface area contributed by atoms with E-state index in [-0.39, 0.29) is 33.1 Å². The summed E-state index contributed by atoms with van der Waals surface area (Å²) in [5.74, 6) is -0.900. The van der Waals surface area contributed by atoms with Gasteiger partial charge in [-0.25, -0.2) is 0 Å². The van der Waals surface area contributed by atoms with Gasteiger partial charge >= 0.3 is 33.4 Å². The Morgan fingerprint density at radius 2 is 1.93 bits per heavy atom. The first kappa shape index (κ1) is 16.1. The molecule has 0 bridgehead atoms. The van der Waals surface area contributed by atoms with Gasteiger partial charge in [-0.05, 0) is 0 Å². The van der Waals surface area contributed by atoms with Crippen molar-refractivity contribution >= 4 is 5.71 Å². The van der Waals surface area contributed by atoms with Crippen molar-refractivity contribution in [2.45, 2.75) is 0 Å². The first-order chi connectivity index (χ1) is 6.02. The maximum Gasteiger partial charge on any atom is 1.00 e. The number of allylic oxidation sites excluding steroid dienone is 1. The number of hydrogen-bond acceptors (Lipinski definition) is 5. The molecule has 0 aromatic carbocycles. The van der Waals surface area contributed by atoms with Gasteiger partial charge in [0.2, 0.25) is 0 Å². The van der Waals surface area contributed by atoms with Crippen molar-refractivity contribution in [3.63, 3.8) is 0 Å². The van der Waals surface area contributed by atoms with Crippen LogP contribution in [0.25, 0.3) is 0 Å². The van der Waals surface area contributed by atoms with Crippen molar-refractivity contribution in [1.82, 2.24) is 0 Å². The number of hydrogen-bond donors (Lipinski definition) is 1. The fraction of sp³-hybridized carbons (Fsp3) is 0.